The number of rotatable bonds is 1. The highest BCUT2D eigenvalue weighted by molar-refractivity contribution is 7.53. The highest BCUT2D eigenvalue weighted by Gasteiger charge is 2.64. The first-order valence-electron chi connectivity index (χ1n) is 5.69. The van der Waals surface area contributed by atoms with E-state index in [9.17, 15) is 19.5 Å². The zero-order valence-electron chi connectivity index (χ0n) is 8.54. The van der Waals surface area contributed by atoms with Crippen molar-refractivity contribution in [1.29, 1.82) is 0 Å². The Morgan fingerprint density at radius 1 is 0.933 bits per heavy atom. The zero-order valence-corrected chi connectivity index (χ0v) is 9.44. The molecule has 4 saturated carbocycles. The van der Waals surface area contributed by atoms with Crippen LogP contribution in [0.4, 0.5) is 0 Å². The van der Waals surface area contributed by atoms with Gasteiger partial charge in [-0.15, -0.1) is 0 Å². The summed E-state index contributed by atoms with van der Waals surface area (Å²) in [6.45, 7) is 0. The quantitative estimate of drug-likeness (QED) is 0.595. The van der Waals surface area contributed by atoms with E-state index in [1.54, 1.807) is 0 Å². The summed E-state index contributed by atoms with van der Waals surface area (Å²) in [7, 11) is -4.38. The summed E-state index contributed by atoms with van der Waals surface area (Å²) in [6.07, 6.45) is 4.47. The molecule has 4 rings (SSSR count). The Bertz CT molecular complexity index is 306. The van der Waals surface area contributed by atoms with Crippen molar-refractivity contribution in [3.8, 4) is 0 Å². The van der Waals surface area contributed by atoms with E-state index in [2.05, 4.69) is 0 Å². The molecule has 4 aliphatic carbocycles. The molecule has 86 valence electrons. The molecule has 0 radical (unpaired) electrons. The molecule has 0 atom stereocenters. The Kier molecular flexibility index (Phi) is 1.96. The minimum Gasteiger partial charge on any atom is -0.377 e. The minimum absolute atomic E-state index is 0.158. The zero-order chi connectivity index (χ0) is 10.8. The molecule has 0 heterocycles. The first-order valence-corrected chi connectivity index (χ1v) is 7.30. The van der Waals surface area contributed by atoms with Crippen molar-refractivity contribution in [3.05, 3.63) is 0 Å². The van der Waals surface area contributed by atoms with Gasteiger partial charge in [-0.3, -0.25) is 4.57 Å². The van der Waals surface area contributed by atoms with E-state index >= 15 is 0 Å². The lowest BCUT2D eigenvalue weighted by atomic mass is 9.54. The fourth-order valence-electron chi connectivity index (χ4n) is 4.35. The number of hydrogen-bond acceptors (Lipinski definition) is 2. The summed E-state index contributed by atoms with van der Waals surface area (Å²) >= 11 is 0. The summed E-state index contributed by atoms with van der Waals surface area (Å²) in [5.74, 6) is 0.905. The van der Waals surface area contributed by atoms with Crippen molar-refractivity contribution >= 4 is 7.60 Å². The van der Waals surface area contributed by atoms with E-state index in [0.717, 1.165) is 25.7 Å². The summed E-state index contributed by atoms with van der Waals surface area (Å²) in [6, 6.07) is 0. The van der Waals surface area contributed by atoms with Gasteiger partial charge in [0.05, 0.1) is 0 Å². The first kappa shape index (κ1) is 10.3. The molecule has 4 nitrogen and oxygen atoms in total. The van der Waals surface area contributed by atoms with Gasteiger partial charge in [0.25, 0.3) is 0 Å². The molecular formula is C10H17O4P. The Morgan fingerprint density at radius 3 is 1.67 bits per heavy atom. The van der Waals surface area contributed by atoms with Gasteiger partial charge >= 0.3 is 7.60 Å². The molecule has 0 saturated heterocycles. The molecule has 0 spiro atoms. The van der Waals surface area contributed by atoms with Crippen molar-refractivity contribution in [2.45, 2.75) is 37.4 Å². The van der Waals surface area contributed by atoms with Crippen LogP contribution in [0.5, 0.6) is 0 Å². The molecule has 0 unspecified atom stereocenters. The van der Waals surface area contributed by atoms with Crippen LogP contribution in [0.15, 0.2) is 0 Å². The van der Waals surface area contributed by atoms with E-state index in [-0.39, 0.29) is 11.8 Å². The van der Waals surface area contributed by atoms with E-state index in [1.165, 1.54) is 6.42 Å². The van der Waals surface area contributed by atoms with E-state index < -0.39 is 12.9 Å². The maximum Gasteiger partial charge on any atom is 0.357 e. The fourth-order valence-corrected chi connectivity index (χ4v) is 5.73. The molecule has 4 bridgehead atoms. The summed E-state index contributed by atoms with van der Waals surface area (Å²) in [5.41, 5.74) is 0. The molecule has 3 N–H and O–H groups in total. The van der Waals surface area contributed by atoms with Gasteiger partial charge in [0.1, 0.15) is 0 Å². The summed E-state index contributed by atoms with van der Waals surface area (Å²) in [4.78, 5) is 18.7. The lowest BCUT2D eigenvalue weighted by Crippen LogP contribution is -2.57. The first-order chi connectivity index (χ1) is 6.91. The van der Waals surface area contributed by atoms with Gasteiger partial charge in [-0.05, 0) is 43.9 Å². The van der Waals surface area contributed by atoms with Crippen molar-refractivity contribution in [2.75, 3.05) is 0 Å². The molecule has 5 heteroatoms. The molecule has 0 aromatic heterocycles. The third-order valence-corrected chi connectivity index (χ3v) is 6.47. The molecule has 0 aliphatic heterocycles. The standard InChI is InChI=1S/C10H17O4P/c11-10(15(12,13)14)8-2-6-1-7(4-8)5-9(10)3-6/h6-9,11H,1-5H2,(H2,12,13,14). The summed E-state index contributed by atoms with van der Waals surface area (Å²) < 4.78 is 11.5. The van der Waals surface area contributed by atoms with E-state index in [0.29, 0.717) is 11.8 Å². The molecule has 15 heavy (non-hydrogen) atoms. The Balaban J connectivity index is 2.01. The third kappa shape index (κ3) is 1.22. The van der Waals surface area contributed by atoms with Gasteiger partial charge in [0, 0.05) is 11.8 Å². The second-order valence-electron chi connectivity index (χ2n) is 5.63. The van der Waals surface area contributed by atoms with Crippen LogP contribution >= 0.6 is 7.60 Å². The Morgan fingerprint density at radius 2 is 1.33 bits per heavy atom. The average Bonchev–Trinajstić information content (AvgIpc) is 2.10. The van der Waals surface area contributed by atoms with Crippen molar-refractivity contribution in [1.82, 2.24) is 0 Å². The van der Waals surface area contributed by atoms with Gasteiger partial charge in [0.15, 0.2) is 5.34 Å². The van der Waals surface area contributed by atoms with Gasteiger partial charge < -0.3 is 14.9 Å². The second kappa shape index (κ2) is 2.86. The molecule has 4 fully saturated rings. The van der Waals surface area contributed by atoms with E-state index in [1.807, 2.05) is 0 Å². The normalized spacial score (nSPS) is 53.5. The maximum atomic E-state index is 11.5. The maximum absolute atomic E-state index is 11.5. The highest BCUT2D eigenvalue weighted by atomic mass is 31.2. The monoisotopic (exact) mass is 232 g/mol. The van der Waals surface area contributed by atoms with Crippen LogP contribution in [0.1, 0.15) is 32.1 Å². The van der Waals surface area contributed by atoms with Crippen LogP contribution in [0.3, 0.4) is 0 Å². The van der Waals surface area contributed by atoms with Crippen LogP contribution in [0.2, 0.25) is 0 Å². The largest absolute Gasteiger partial charge is 0.377 e. The number of hydrogen-bond donors (Lipinski definition) is 3. The number of aliphatic hydroxyl groups is 1. The fraction of sp³-hybridized carbons (Fsp3) is 1.00. The molecule has 0 aromatic carbocycles. The van der Waals surface area contributed by atoms with Crippen LogP contribution in [-0.2, 0) is 4.57 Å². The van der Waals surface area contributed by atoms with Crippen molar-refractivity contribution < 1.29 is 19.5 Å². The predicted octanol–water partition coefficient (Wildman–Crippen LogP) is 1.31. The molecular weight excluding hydrogens is 215 g/mol. The Hall–Kier alpha value is 0.110. The topological polar surface area (TPSA) is 77.8 Å². The Labute approximate surface area is 88.9 Å². The van der Waals surface area contributed by atoms with Gasteiger partial charge in [0.2, 0.25) is 0 Å². The van der Waals surface area contributed by atoms with Gasteiger partial charge in [-0.1, -0.05) is 0 Å². The van der Waals surface area contributed by atoms with Gasteiger partial charge in [-0.25, -0.2) is 0 Å². The van der Waals surface area contributed by atoms with Crippen LogP contribution in [0.25, 0.3) is 0 Å². The van der Waals surface area contributed by atoms with Crippen LogP contribution < -0.4 is 0 Å². The lowest BCUT2D eigenvalue weighted by Gasteiger charge is -2.58. The average molecular weight is 232 g/mol. The lowest BCUT2D eigenvalue weighted by molar-refractivity contribution is -0.132. The minimum atomic E-state index is -4.38. The summed E-state index contributed by atoms with van der Waals surface area (Å²) in [5, 5.41) is 8.67. The molecule has 0 aromatic rings. The molecule has 4 aliphatic rings. The smallest absolute Gasteiger partial charge is 0.357 e. The van der Waals surface area contributed by atoms with Crippen molar-refractivity contribution in [3.63, 3.8) is 0 Å². The predicted molar refractivity (Wildman–Crippen MR) is 54.0 cm³/mol. The van der Waals surface area contributed by atoms with E-state index in [4.69, 9.17) is 0 Å². The van der Waals surface area contributed by atoms with Crippen molar-refractivity contribution in [2.24, 2.45) is 23.7 Å². The van der Waals surface area contributed by atoms with Gasteiger partial charge in [-0.2, -0.15) is 0 Å². The molecule has 0 amide bonds. The SMILES string of the molecule is O=P(O)(O)C1(O)C2CC3CC(C2)CC1C3. The highest BCUT2D eigenvalue weighted by Crippen LogP contribution is 2.69. The van der Waals surface area contributed by atoms with Crippen LogP contribution in [0, 0.1) is 23.7 Å². The second-order valence-corrected chi connectivity index (χ2v) is 7.44. The third-order valence-electron chi connectivity index (χ3n) is 4.81. The van der Waals surface area contributed by atoms with Crippen LogP contribution in [-0.4, -0.2) is 20.2 Å².